The van der Waals surface area contributed by atoms with Gasteiger partial charge in [-0.15, -0.1) is 11.3 Å². The first-order valence-corrected chi connectivity index (χ1v) is 11.8. The van der Waals surface area contributed by atoms with Crippen LogP contribution in [0.5, 0.6) is 0 Å². The summed E-state index contributed by atoms with van der Waals surface area (Å²) in [6.07, 6.45) is 2.43. The predicted molar refractivity (Wildman–Crippen MR) is 131 cm³/mol. The van der Waals surface area contributed by atoms with Gasteiger partial charge in [-0.3, -0.25) is 9.59 Å². The van der Waals surface area contributed by atoms with Crippen molar-refractivity contribution in [3.8, 4) is 0 Å². The number of carbonyl (C=O) groups excluding carboxylic acids is 2. The predicted octanol–water partition coefficient (Wildman–Crippen LogP) is 5.71. The molecule has 0 saturated carbocycles. The highest BCUT2D eigenvalue weighted by molar-refractivity contribution is 7.11. The highest BCUT2D eigenvalue weighted by atomic mass is 35.5. The Labute approximate surface area is 195 Å². The smallest absolute Gasteiger partial charge is 0.282 e. The highest BCUT2D eigenvalue weighted by Gasteiger charge is 2.41. The third-order valence-corrected chi connectivity index (χ3v) is 6.98. The molecule has 0 spiro atoms. The second-order valence-corrected chi connectivity index (χ2v) is 9.35. The molecule has 162 valence electrons. The van der Waals surface area contributed by atoms with Gasteiger partial charge in [0.05, 0.1) is 11.3 Å². The zero-order valence-electron chi connectivity index (χ0n) is 17.6. The Hall–Kier alpha value is -3.09. The van der Waals surface area contributed by atoms with Gasteiger partial charge < -0.3 is 10.2 Å². The highest BCUT2D eigenvalue weighted by Crippen LogP contribution is 2.37. The molecule has 32 heavy (non-hydrogen) atoms. The first-order chi connectivity index (χ1) is 15.5. The largest absolute Gasteiger partial charge is 0.372 e. The minimum atomic E-state index is -0.368. The summed E-state index contributed by atoms with van der Waals surface area (Å²) in [4.78, 5) is 31.3. The fourth-order valence-electron chi connectivity index (χ4n) is 4.26. The van der Waals surface area contributed by atoms with Crippen LogP contribution >= 0.6 is 22.9 Å². The first kappa shape index (κ1) is 20.8. The number of aryl methyl sites for hydroxylation is 1. The van der Waals surface area contributed by atoms with E-state index in [1.165, 1.54) is 34.8 Å². The summed E-state index contributed by atoms with van der Waals surface area (Å²) in [5.41, 5.74) is 3.94. The van der Waals surface area contributed by atoms with Crippen LogP contribution in [0.1, 0.15) is 23.3 Å². The van der Waals surface area contributed by atoms with Gasteiger partial charge in [-0.05, 0) is 79.2 Å². The summed E-state index contributed by atoms with van der Waals surface area (Å²) in [5, 5.41) is 5.70. The van der Waals surface area contributed by atoms with Crippen LogP contribution in [0.4, 0.5) is 17.1 Å². The number of nitrogens with zero attached hydrogens (tertiary/aromatic N) is 2. The van der Waals surface area contributed by atoms with Gasteiger partial charge in [0, 0.05) is 34.4 Å². The maximum absolute atomic E-state index is 13.5. The summed E-state index contributed by atoms with van der Waals surface area (Å²) in [5.74, 6) is -0.702. The number of imide groups is 1. The number of rotatable bonds is 5. The molecule has 3 heterocycles. The van der Waals surface area contributed by atoms with E-state index in [2.05, 4.69) is 22.3 Å². The van der Waals surface area contributed by atoms with Gasteiger partial charge in [0.15, 0.2) is 0 Å². The van der Waals surface area contributed by atoms with Crippen LogP contribution in [0.3, 0.4) is 0 Å². The molecule has 0 aliphatic carbocycles. The van der Waals surface area contributed by atoms with E-state index in [1.807, 2.05) is 36.6 Å². The van der Waals surface area contributed by atoms with Gasteiger partial charge in [0.25, 0.3) is 11.8 Å². The van der Waals surface area contributed by atoms with Crippen molar-refractivity contribution in [1.82, 2.24) is 0 Å². The summed E-state index contributed by atoms with van der Waals surface area (Å²) in [7, 11) is 0. The first-order valence-electron chi connectivity index (χ1n) is 10.6. The standard InChI is InChI=1S/C25H22ClN3O2S/c1-16-15-17(26)6-11-20(16)29-24(30)22(21-5-4-14-32-21)23(25(29)31)27-18-7-9-19(10-8-18)28-12-2-3-13-28/h4-11,14-15,27H,2-3,12-13H2,1H3. The van der Waals surface area contributed by atoms with E-state index in [0.29, 0.717) is 22.0 Å². The fourth-order valence-corrected chi connectivity index (χ4v) is 5.25. The van der Waals surface area contributed by atoms with E-state index in [1.54, 1.807) is 18.2 Å². The lowest BCUT2D eigenvalue weighted by molar-refractivity contribution is -0.120. The van der Waals surface area contributed by atoms with Crippen LogP contribution in [0.15, 0.2) is 65.7 Å². The van der Waals surface area contributed by atoms with Crippen molar-refractivity contribution in [2.75, 3.05) is 28.2 Å². The lowest BCUT2D eigenvalue weighted by Gasteiger charge is -2.19. The maximum Gasteiger partial charge on any atom is 0.282 e. The molecule has 1 fully saturated rings. The zero-order chi connectivity index (χ0) is 22.2. The third kappa shape index (κ3) is 3.70. The number of hydrogen-bond donors (Lipinski definition) is 1. The summed E-state index contributed by atoms with van der Waals surface area (Å²) < 4.78 is 0. The Kier molecular flexibility index (Phi) is 5.49. The van der Waals surface area contributed by atoms with Crippen LogP contribution in [-0.2, 0) is 9.59 Å². The molecule has 0 atom stereocenters. The summed E-state index contributed by atoms with van der Waals surface area (Å²) >= 11 is 7.53. The number of hydrogen-bond acceptors (Lipinski definition) is 5. The molecule has 0 radical (unpaired) electrons. The normalized spacial score (nSPS) is 16.4. The molecule has 5 rings (SSSR count). The van der Waals surface area contributed by atoms with Gasteiger partial charge >= 0.3 is 0 Å². The molecule has 1 saturated heterocycles. The molecule has 0 bridgehead atoms. The number of anilines is 3. The molecular formula is C25H22ClN3O2S. The number of carbonyl (C=O) groups is 2. The average Bonchev–Trinajstić information content (AvgIpc) is 3.53. The van der Waals surface area contributed by atoms with Crippen molar-refractivity contribution in [1.29, 1.82) is 0 Å². The quantitative estimate of drug-likeness (QED) is 0.492. The molecule has 2 aliphatic rings. The van der Waals surface area contributed by atoms with Crippen LogP contribution < -0.4 is 15.1 Å². The average molecular weight is 464 g/mol. The molecule has 3 aromatic rings. The second-order valence-electron chi connectivity index (χ2n) is 7.97. The van der Waals surface area contributed by atoms with E-state index in [0.717, 1.165) is 29.2 Å². The van der Waals surface area contributed by atoms with Crippen molar-refractivity contribution < 1.29 is 9.59 Å². The third-order valence-electron chi connectivity index (χ3n) is 5.86. The Morgan fingerprint density at radius 1 is 0.969 bits per heavy atom. The maximum atomic E-state index is 13.5. The van der Waals surface area contributed by atoms with Gasteiger partial charge in [-0.2, -0.15) is 0 Å². The van der Waals surface area contributed by atoms with Gasteiger partial charge in [-0.1, -0.05) is 17.7 Å². The van der Waals surface area contributed by atoms with E-state index in [4.69, 9.17) is 11.6 Å². The molecule has 2 amide bonds. The molecule has 0 unspecified atom stereocenters. The fraction of sp³-hybridized carbons (Fsp3) is 0.200. The van der Waals surface area contributed by atoms with Crippen LogP contribution in [0, 0.1) is 6.92 Å². The lowest BCUT2D eigenvalue weighted by Crippen LogP contribution is -2.33. The topological polar surface area (TPSA) is 52.7 Å². The van der Waals surface area contributed by atoms with Crippen molar-refractivity contribution in [2.45, 2.75) is 19.8 Å². The Bertz CT molecular complexity index is 1210. The van der Waals surface area contributed by atoms with Crippen molar-refractivity contribution in [3.63, 3.8) is 0 Å². The van der Waals surface area contributed by atoms with E-state index >= 15 is 0 Å². The summed E-state index contributed by atoms with van der Waals surface area (Å²) in [6.45, 7) is 3.99. The van der Waals surface area contributed by atoms with Crippen LogP contribution in [-0.4, -0.2) is 24.9 Å². The van der Waals surface area contributed by atoms with Gasteiger partial charge in [0.1, 0.15) is 5.70 Å². The van der Waals surface area contributed by atoms with E-state index in [9.17, 15) is 9.59 Å². The molecule has 7 heteroatoms. The number of benzene rings is 2. The minimum Gasteiger partial charge on any atom is -0.372 e. The number of amides is 2. The molecule has 2 aromatic carbocycles. The molecule has 1 aromatic heterocycles. The summed E-state index contributed by atoms with van der Waals surface area (Å²) in [6, 6.07) is 16.9. The van der Waals surface area contributed by atoms with Crippen LogP contribution in [0.2, 0.25) is 5.02 Å². The Morgan fingerprint density at radius 3 is 2.38 bits per heavy atom. The molecule has 2 aliphatic heterocycles. The molecule has 1 N–H and O–H groups in total. The number of thiophene rings is 1. The van der Waals surface area contributed by atoms with Crippen molar-refractivity contribution in [2.24, 2.45) is 0 Å². The minimum absolute atomic E-state index is 0.292. The number of halogens is 1. The van der Waals surface area contributed by atoms with Crippen molar-refractivity contribution >= 4 is 57.4 Å². The van der Waals surface area contributed by atoms with E-state index in [-0.39, 0.29) is 11.8 Å². The molecular weight excluding hydrogens is 442 g/mol. The SMILES string of the molecule is Cc1cc(Cl)ccc1N1C(=O)C(Nc2ccc(N3CCCC3)cc2)=C(c2cccs2)C1=O. The molecule has 5 nitrogen and oxygen atoms in total. The van der Waals surface area contributed by atoms with Gasteiger partial charge in [-0.25, -0.2) is 4.90 Å². The Balaban J connectivity index is 1.50. The monoisotopic (exact) mass is 463 g/mol. The second kappa shape index (κ2) is 8.45. The Morgan fingerprint density at radius 2 is 1.72 bits per heavy atom. The van der Waals surface area contributed by atoms with Crippen molar-refractivity contribution in [3.05, 3.63) is 81.1 Å². The lowest BCUT2D eigenvalue weighted by atomic mass is 10.1. The number of nitrogens with one attached hydrogen (secondary N) is 1. The zero-order valence-corrected chi connectivity index (χ0v) is 19.2. The van der Waals surface area contributed by atoms with E-state index < -0.39 is 0 Å². The van der Waals surface area contributed by atoms with Gasteiger partial charge in [0.2, 0.25) is 0 Å². The van der Waals surface area contributed by atoms with Crippen LogP contribution in [0.25, 0.3) is 5.57 Å².